The van der Waals surface area contributed by atoms with Gasteiger partial charge in [0.1, 0.15) is 0 Å². The molecule has 50 heavy (non-hydrogen) atoms. The Morgan fingerprint density at radius 1 is 0.740 bits per heavy atom. The van der Waals surface area contributed by atoms with Crippen molar-refractivity contribution >= 4 is 44.8 Å². The van der Waals surface area contributed by atoms with E-state index in [9.17, 15) is 0 Å². The molecular weight excluding hydrogens is 821 g/mol. The van der Waals surface area contributed by atoms with E-state index < -0.39 is 8.07 Å². The molecule has 0 fully saturated rings. The smallest absolute Gasteiger partial charge is 0.0798 e. The topological polar surface area (TPSA) is 25.8 Å². The van der Waals surface area contributed by atoms with Gasteiger partial charge >= 0.3 is 0 Å². The maximum atomic E-state index is 4.71. The first-order chi connectivity index (χ1) is 23.4. The average Bonchev–Trinajstić information content (AvgIpc) is 3.46. The van der Waals surface area contributed by atoms with Gasteiger partial charge in [-0.3, -0.25) is 0 Å². The van der Waals surface area contributed by atoms with Crippen LogP contribution in [-0.2, 0) is 26.5 Å². The molecule has 7 rings (SSSR count). The Kier molecular flexibility index (Phi) is 11.7. The molecule has 0 aliphatic rings. The number of pyridine rings is 2. The van der Waals surface area contributed by atoms with Gasteiger partial charge in [0.2, 0.25) is 0 Å². The van der Waals surface area contributed by atoms with E-state index in [1.54, 1.807) is 0 Å². The van der Waals surface area contributed by atoms with Crippen molar-refractivity contribution in [1.82, 2.24) is 9.97 Å². The summed E-state index contributed by atoms with van der Waals surface area (Å²) in [6.45, 7) is 18.5. The molecule has 5 heteroatoms. The molecule has 0 unspecified atom stereocenters. The second-order valence-corrected chi connectivity index (χ2v) is 21.5. The normalized spacial score (nSPS) is 11.7. The van der Waals surface area contributed by atoms with Gasteiger partial charge in [-0.2, -0.15) is 11.3 Å². The Morgan fingerprint density at radius 2 is 1.50 bits per heavy atom. The molecule has 0 amide bonds. The number of nitrogens with zero attached hydrogens (tertiary/aromatic N) is 2. The maximum absolute atomic E-state index is 4.71. The van der Waals surface area contributed by atoms with Crippen LogP contribution in [-0.4, -0.2) is 18.0 Å². The van der Waals surface area contributed by atoms with Crippen LogP contribution in [0.15, 0.2) is 116 Å². The second-order valence-electron chi connectivity index (χ2n) is 15.4. The van der Waals surface area contributed by atoms with Crippen LogP contribution in [0.2, 0.25) is 19.6 Å². The summed E-state index contributed by atoms with van der Waals surface area (Å²) in [6.07, 6.45) is 5.12. The minimum atomic E-state index is -1.37. The number of hydrogen-bond donors (Lipinski definition) is 0. The fraction of sp³-hybridized carbons (Fsp3) is 0.244. The van der Waals surface area contributed by atoms with Gasteiger partial charge in [-0.05, 0) is 67.7 Å². The Hall–Kier alpha value is -3.73. The zero-order valence-corrected chi connectivity index (χ0v) is 34.6. The largest absolute Gasteiger partial charge is 0.305 e. The molecule has 7 aromatic rings. The van der Waals surface area contributed by atoms with Gasteiger partial charge < -0.3 is 9.97 Å². The first-order valence-corrected chi connectivity index (χ1v) is 21.5. The van der Waals surface area contributed by atoms with E-state index in [-0.39, 0.29) is 25.5 Å². The molecule has 0 bridgehead atoms. The molecule has 0 spiro atoms. The van der Waals surface area contributed by atoms with Crippen molar-refractivity contribution in [2.24, 2.45) is 5.41 Å². The van der Waals surface area contributed by atoms with Crippen LogP contribution in [0.1, 0.15) is 51.7 Å². The minimum Gasteiger partial charge on any atom is -0.305 e. The zero-order chi connectivity index (χ0) is 34.8. The third kappa shape index (κ3) is 8.76. The molecule has 0 aliphatic heterocycles. The van der Waals surface area contributed by atoms with Crippen LogP contribution in [0.25, 0.3) is 53.8 Å². The molecule has 1 radical (unpaired) electrons. The zero-order valence-electron chi connectivity index (χ0n) is 30.4. The molecule has 0 aliphatic carbocycles. The van der Waals surface area contributed by atoms with Crippen molar-refractivity contribution in [3.8, 4) is 33.6 Å². The van der Waals surface area contributed by atoms with Crippen LogP contribution in [0, 0.1) is 17.5 Å². The summed E-state index contributed by atoms with van der Waals surface area (Å²) in [6, 6.07) is 42.9. The summed E-state index contributed by atoms with van der Waals surface area (Å²) in [4.78, 5) is 9.36. The van der Waals surface area contributed by atoms with Crippen molar-refractivity contribution in [3.63, 3.8) is 0 Å². The van der Waals surface area contributed by atoms with E-state index in [1.807, 2.05) is 41.8 Å². The van der Waals surface area contributed by atoms with E-state index in [2.05, 4.69) is 156 Å². The first kappa shape index (κ1) is 37.5. The van der Waals surface area contributed by atoms with E-state index in [1.165, 1.54) is 47.6 Å². The minimum absolute atomic E-state index is 0. The van der Waals surface area contributed by atoms with Crippen molar-refractivity contribution in [2.75, 3.05) is 0 Å². The molecule has 3 aromatic heterocycles. The Morgan fingerprint density at radius 3 is 2.18 bits per heavy atom. The summed E-state index contributed by atoms with van der Waals surface area (Å²) in [5.74, 6) is 0.483. The average molecular weight is 867 g/mol. The van der Waals surface area contributed by atoms with Gasteiger partial charge in [-0.1, -0.05) is 125 Å². The molecule has 3 heterocycles. The number of thiophene rings is 1. The molecule has 4 aromatic carbocycles. The second kappa shape index (κ2) is 15.7. The monoisotopic (exact) mass is 867 g/mol. The van der Waals surface area contributed by atoms with E-state index in [0.29, 0.717) is 5.92 Å². The summed E-state index contributed by atoms with van der Waals surface area (Å²) in [5, 5.41) is 4.07. The molecule has 0 saturated heterocycles. The number of benzene rings is 4. The van der Waals surface area contributed by atoms with Crippen molar-refractivity contribution in [1.29, 1.82) is 0 Å². The predicted molar refractivity (Wildman–Crippen MR) is 216 cm³/mol. The Bertz CT molecular complexity index is 2190. The van der Waals surface area contributed by atoms with Crippen LogP contribution in [0.5, 0.6) is 0 Å². The standard InChI is InChI=1S/C26H20NS.C19H26NSi.Ir/c1-17(2)19-13-14-27-24(15-19)23-10-6-9-22-21-12-11-20(16-25(21)28-26(22)23)18-7-4-3-5-8-18;1-19(2,3)13-16-12-17(15-10-8-7-9-11-15)20-14-18(16)21(4,5)6;/h3-9,11-17H,1-2H3;7-10,12,14H,13H2,1-6H3;/q2*-1;. The summed E-state index contributed by atoms with van der Waals surface area (Å²) in [7, 11) is -1.37. The fourth-order valence-electron chi connectivity index (χ4n) is 6.27. The number of hydrogen-bond acceptors (Lipinski definition) is 3. The molecule has 0 N–H and O–H groups in total. The van der Waals surface area contributed by atoms with Crippen LogP contribution < -0.4 is 5.19 Å². The third-order valence-electron chi connectivity index (χ3n) is 8.75. The Labute approximate surface area is 317 Å². The Balaban J connectivity index is 0.000000199. The van der Waals surface area contributed by atoms with Crippen molar-refractivity contribution in [3.05, 3.63) is 139 Å². The van der Waals surface area contributed by atoms with Gasteiger partial charge in [-0.25, -0.2) is 0 Å². The van der Waals surface area contributed by atoms with Crippen molar-refractivity contribution in [2.45, 2.75) is 66.6 Å². The molecule has 2 nitrogen and oxygen atoms in total. The number of fused-ring (bicyclic) bond motifs is 3. The van der Waals surface area contributed by atoms with E-state index >= 15 is 0 Å². The summed E-state index contributed by atoms with van der Waals surface area (Å²) < 4.78 is 2.56. The first-order valence-electron chi connectivity index (χ1n) is 17.2. The number of rotatable bonds is 6. The summed E-state index contributed by atoms with van der Waals surface area (Å²) >= 11 is 1.83. The van der Waals surface area contributed by atoms with E-state index in [4.69, 9.17) is 4.98 Å². The molecule has 257 valence electrons. The van der Waals surface area contributed by atoms with Crippen LogP contribution in [0.3, 0.4) is 0 Å². The quantitative estimate of drug-likeness (QED) is 0.123. The molecule has 0 atom stereocenters. The van der Waals surface area contributed by atoms with Gasteiger partial charge in [0, 0.05) is 37.2 Å². The maximum Gasteiger partial charge on any atom is 0.0798 e. The van der Waals surface area contributed by atoms with Gasteiger partial charge in [0.15, 0.2) is 0 Å². The molecule has 0 saturated carbocycles. The van der Waals surface area contributed by atoms with Gasteiger partial charge in [0.25, 0.3) is 0 Å². The van der Waals surface area contributed by atoms with Gasteiger partial charge in [-0.15, -0.1) is 59.7 Å². The van der Waals surface area contributed by atoms with Crippen molar-refractivity contribution < 1.29 is 20.1 Å². The van der Waals surface area contributed by atoms with Crippen LogP contribution in [0.4, 0.5) is 0 Å². The predicted octanol–water partition coefficient (Wildman–Crippen LogP) is 12.4. The summed E-state index contributed by atoms with van der Waals surface area (Å²) in [5.41, 5.74) is 9.78. The SMILES string of the molecule is CC(C)(C)Cc1cc(-c2[c-]cccc2)ncc1[Si](C)(C)C.CC(C)c1ccnc(-c2[c-]ccc3c2sc2cc(-c4ccccc4)ccc23)c1.[Ir]. The molecular formula is C45H46IrN2SSi-2. The van der Waals surface area contributed by atoms with E-state index in [0.717, 1.165) is 28.9 Å². The van der Waals surface area contributed by atoms with Gasteiger partial charge in [0.05, 0.1) is 8.07 Å². The third-order valence-corrected chi connectivity index (χ3v) is 12.0. The number of aromatic nitrogens is 2. The van der Waals surface area contributed by atoms with Crippen LogP contribution >= 0.6 is 11.3 Å². The fourth-order valence-corrected chi connectivity index (χ4v) is 9.10.